The molecule has 3 rings (SSSR count). The molecule has 3 aromatic rings. The van der Waals surface area contributed by atoms with Crippen LogP contribution in [0, 0.1) is 0 Å². The lowest BCUT2D eigenvalue weighted by Gasteiger charge is -2.11. The summed E-state index contributed by atoms with van der Waals surface area (Å²) in [7, 11) is 0. The maximum atomic E-state index is 12.5. The van der Waals surface area contributed by atoms with Crippen LogP contribution in [0.2, 0.25) is 0 Å². The van der Waals surface area contributed by atoms with Crippen LogP contribution in [-0.2, 0) is 0 Å². The van der Waals surface area contributed by atoms with Crippen LogP contribution in [0.3, 0.4) is 0 Å². The molecule has 0 radical (unpaired) electrons. The number of nitrogens with zero attached hydrogens (tertiary/aromatic N) is 1. The number of fused-ring (bicyclic) bond motifs is 2. The Labute approximate surface area is 122 Å². The van der Waals surface area contributed by atoms with Crippen LogP contribution in [0.5, 0.6) is 0 Å². The summed E-state index contributed by atoms with van der Waals surface area (Å²) in [6, 6.07) is 15.3. The molecule has 0 bridgehead atoms. The van der Waals surface area contributed by atoms with E-state index in [1.165, 1.54) is 0 Å². The van der Waals surface area contributed by atoms with Crippen molar-refractivity contribution in [3.63, 3.8) is 0 Å². The summed E-state index contributed by atoms with van der Waals surface area (Å²) >= 11 is 0. The van der Waals surface area contributed by atoms with Crippen molar-refractivity contribution in [3.05, 3.63) is 54.1 Å². The van der Waals surface area contributed by atoms with Gasteiger partial charge in [0.2, 0.25) is 0 Å². The number of nitrogens with one attached hydrogen (secondary N) is 2. The van der Waals surface area contributed by atoms with E-state index in [1.807, 2.05) is 48.5 Å². The van der Waals surface area contributed by atoms with Gasteiger partial charge in [-0.25, -0.2) is 10.4 Å². The van der Waals surface area contributed by atoms with Crippen molar-refractivity contribution in [1.29, 1.82) is 0 Å². The van der Waals surface area contributed by atoms with Crippen LogP contribution < -0.4 is 16.6 Å². The van der Waals surface area contributed by atoms with Crippen LogP contribution >= 0.6 is 0 Å². The summed E-state index contributed by atoms with van der Waals surface area (Å²) in [6.45, 7) is 0.977. The fourth-order valence-corrected chi connectivity index (χ4v) is 2.36. The van der Waals surface area contributed by atoms with E-state index in [2.05, 4.69) is 15.8 Å². The molecule has 0 saturated heterocycles. The number of hydrogen-bond donors (Lipinski definition) is 3. The van der Waals surface area contributed by atoms with Gasteiger partial charge in [0.05, 0.1) is 16.6 Å². The number of pyridine rings is 1. The summed E-state index contributed by atoms with van der Waals surface area (Å²) in [5.74, 6) is -0.182. The third-order valence-electron chi connectivity index (χ3n) is 3.29. The van der Waals surface area contributed by atoms with E-state index >= 15 is 0 Å². The summed E-state index contributed by atoms with van der Waals surface area (Å²) in [4.78, 5) is 17.1. The molecule has 21 heavy (non-hydrogen) atoms. The highest BCUT2D eigenvalue weighted by Crippen LogP contribution is 2.25. The second-order valence-corrected chi connectivity index (χ2v) is 4.69. The quantitative estimate of drug-likeness (QED) is 0.385. The molecule has 0 aliphatic heterocycles. The molecule has 1 amide bonds. The molecule has 5 nitrogen and oxygen atoms in total. The van der Waals surface area contributed by atoms with Gasteiger partial charge in [0.15, 0.2) is 0 Å². The highest BCUT2D eigenvalue weighted by molar-refractivity contribution is 6.16. The zero-order chi connectivity index (χ0) is 14.7. The molecule has 2 aromatic carbocycles. The molecule has 0 saturated carbocycles. The predicted octanol–water partition coefficient (Wildman–Crippen LogP) is 1.58. The number of carbonyl (C=O) groups is 1. The monoisotopic (exact) mass is 280 g/mol. The topological polar surface area (TPSA) is 80.0 Å². The predicted molar refractivity (Wildman–Crippen MR) is 83.8 cm³/mol. The highest BCUT2D eigenvalue weighted by Gasteiger charge is 2.15. The molecule has 5 heteroatoms. The van der Waals surface area contributed by atoms with E-state index in [4.69, 9.17) is 5.73 Å². The molecule has 0 aliphatic rings. The maximum Gasteiger partial charge on any atom is 0.266 e. The normalized spacial score (nSPS) is 10.9. The number of carbonyl (C=O) groups excluding carboxylic acids is 1. The molecular formula is C16H16N4O. The van der Waals surface area contributed by atoms with E-state index in [-0.39, 0.29) is 5.91 Å². The van der Waals surface area contributed by atoms with Crippen molar-refractivity contribution in [2.75, 3.05) is 13.1 Å². The third kappa shape index (κ3) is 2.56. The van der Waals surface area contributed by atoms with Crippen molar-refractivity contribution in [2.24, 2.45) is 5.73 Å². The Morgan fingerprint density at radius 3 is 2.14 bits per heavy atom. The van der Waals surface area contributed by atoms with Crippen LogP contribution in [0.4, 0.5) is 0 Å². The Kier molecular flexibility index (Phi) is 3.77. The van der Waals surface area contributed by atoms with Crippen LogP contribution in [-0.4, -0.2) is 24.0 Å². The first kappa shape index (κ1) is 13.5. The van der Waals surface area contributed by atoms with Crippen molar-refractivity contribution in [2.45, 2.75) is 0 Å². The first-order chi connectivity index (χ1) is 10.3. The minimum absolute atomic E-state index is 0.182. The number of hydrogen-bond acceptors (Lipinski definition) is 4. The first-order valence-electron chi connectivity index (χ1n) is 6.82. The second kappa shape index (κ2) is 5.87. The molecule has 4 N–H and O–H groups in total. The van der Waals surface area contributed by atoms with Crippen molar-refractivity contribution in [1.82, 2.24) is 15.8 Å². The molecule has 1 aromatic heterocycles. The smallest absolute Gasteiger partial charge is 0.266 e. The van der Waals surface area contributed by atoms with E-state index < -0.39 is 0 Å². The van der Waals surface area contributed by atoms with Crippen molar-refractivity contribution >= 4 is 27.7 Å². The Morgan fingerprint density at radius 2 is 1.57 bits per heavy atom. The summed E-state index contributed by atoms with van der Waals surface area (Å²) in [6.07, 6.45) is 0. The van der Waals surface area contributed by atoms with Gasteiger partial charge in [0.1, 0.15) is 0 Å². The van der Waals surface area contributed by atoms with Crippen LogP contribution in [0.25, 0.3) is 21.8 Å². The molecular weight excluding hydrogens is 264 g/mol. The molecule has 1 heterocycles. The zero-order valence-electron chi connectivity index (χ0n) is 11.5. The van der Waals surface area contributed by atoms with Gasteiger partial charge in [-0.05, 0) is 12.1 Å². The average molecular weight is 280 g/mol. The lowest BCUT2D eigenvalue weighted by molar-refractivity contribution is 0.0937. The summed E-state index contributed by atoms with van der Waals surface area (Å²) < 4.78 is 0. The fourth-order valence-electron chi connectivity index (χ4n) is 2.36. The molecule has 0 fully saturated rings. The molecule has 0 atom stereocenters. The molecule has 0 unspecified atom stereocenters. The van der Waals surface area contributed by atoms with E-state index in [9.17, 15) is 4.79 Å². The molecule has 0 aliphatic carbocycles. The van der Waals surface area contributed by atoms with Crippen LogP contribution in [0.1, 0.15) is 10.4 Å². The van der Waals surface area contributed by atoms with Crippen LogP contribution in [0.15, 0.2) is 48.5 Å². The maximum absolute atomic E-state index is 12.5. The van der Waals surface area contributed by atoms with E-state index in [0.29, 0.717) is 18.7 Å². The fraction of sp³-hybridized carbons (Fsp3) is 0.125. The average Bonchev–Trinajstić information content (AvgIpc) is 2.52. The summed E-state index contributed by atoms with van der Waals surface area (Å²) in [5, 5.41) is 1.67. The van der Waals surface area contributed by atoms with Gasteiger partial charge in [-0.2, -0.15) is 0 Å². The largest absolute Gasteiger partial charge is 0.329 e. The number of benzene rings is 2. The van der Waals surface area contributed by atoms with Gasteiger partial charge >= 0.3 is 0 Å². The minimum Gasteiger partial charge on any atom is -0.329 e. The highest BCUT2D eigenvalue weighted by atomic mass is 16.2. The number of para-hydroxylation sites is 2. The molecule has 0 spiro atoms. The minimum atomic E-state index is -0.182. The summed E-state index contributed by atoms with van der Waals surface area (Å²) in [5.41, 5.74) is 13.2. The van der Waals surface area contributed by atoms with Crippen molar-refractivity contribution in [3.8, 4) is 0 Å². The van der Waals surface area contributed by atoms with Gasteiger partial charge in [-0.1, -0.05) is 36.4 Å². The Morgan fingerprint density at radius 1 is 1.00 bits per heavy atom. The number of hydrazine groups is 1. The van der Waals surface area contributed by atoms with E-state index in [0.717, 1.165) is 21.8 Å². The third-order valence-corrected chi connectivity index (χ3v) is 3.29. The lowest BCUT2D eigenvalue weighted by atomic mass is 10.0. The Bertz CT molecular complexity index is 746. The van der Waals surface area contributed by atoms with Gasteiger partial charge in [0, 0.05) is 23.9 Å². The SMILES string of the molecule is NCCNNC(=O)c1c2ccccc2nc2ccccc12. The van der Waals surface area contributed by atoms with Crippen molar-refractivity contribution < 1.29 is 4.79 Å². The lowest BCUT2D eigenvalue weighted by Crippen LogP contribution is -2.40. The van der Waals surface area contributed by atoms with Gasteiger partial charge in [0.25, 0.3) is 5.91 Å². The van der Waals surface area contributed by atoms with Gasteiger partial charge in [-0.3, -0.25) is 10.2 Å². The second-order valence-electron chi connectivity index (χ2n) is 4.69. The number of rotatable bonds is 4. The number of amides is 1. The standard InChI is InChI=1S/C16H16N4O/c17-9-10-18-20-16(21)15-11-5-1-3-7-13(11)19-14-8-4-2-6-12(14)15/h1-8,18H,9-10,17H2,(H,20,21). The van der Waals surface area contributed by atoms with Gasteiger partial charge in [-0.15, -0.1) is 0 Å². The molecule has 106 valence electrons. The van der Waals surface area contributed by atoms with E-state index in [1.54, 1.807) is 0 Å². The Balaban J connectivity index is 2.18. The number of nitrogens with two attached hydrogens (primary N) is 1. The number of aromatic nitrogens is 1. The zero-order valence-corrected chi connectivity index (χ0v) is 11.5. The first-order valence-corrected chi connectivity index (χ1v) is 6.82. The Hall–Kier alpha value is -2.50. The van der Waals surface area contributed by atoms with Gasteiger partial charge < -0.3 is 5.73 Å².